The van der Waals surface area contributed by atoms with Gasteiger partial charge in [-0.05, 0) is 47.8 Å². The number of hydrogen-bond donors (Lipinski definition) is 1. The number of amides is 1. The fourth-order valence-electron chi connectivity index (χ4n) is 3.46. The third kappa shape index (κ3) is 3.90. The van der Waals surface area contributed by atoms with Crippen molar-refractivity contribution >= 4 is 44.7 Å². The van der Waals surface area contributed by atoms with Crippen molar-refractivity contribution in [1.82, 2.24) is 4.90 Å². The zero-order valence-corrected chi connectivity index (χ0v) is 18.0. The van der Waals surface area contributed by atoms with E-state index >= 15 is 0 Å². The number of thiophene rings is 1. The second kappa shape index (κ2) is 8.32. The average molecular weight is 508 g/mol. The van der Waals surface area contributed by atoms with E-state index in [0.717, 1.165) is 21.9 Å². The Bertz CT molecular complexity index is 1230. The Morgan fingerprint density at radius 3 is 2.45 bits per heavy atom. The minimum atomic E-state index is -1.26. The van der Waals surface area contributed by atoms with Crippen LogP contribution in [0.25, 0.3) is 5.76 Å². The maximum absolute atomic E-state index is 14.8. The van der Waals surface area contributed by atoms with Crippen LogP contribution in [-0.2, 0) is 16.1 Å². The number of ketones is 1. The molecule has 1 atom stereocenters. The molecule has 2 heterocycles. The number of likely N-dealkylation sites (tertiary alicyclic amines) is 1. The second-order valence-electron chi connectivity index (χ2n) is 6.80. The molecule has 0 aliphatic carbocycles. The third-order valence-corrected chi connectivity index (χ3v) is 6.25. The molecule has 0 saturated carbocycles. The van der Waals surface area contributed by atoms with Crippen molar-refractivity contribution in [3.05, 3.63) is 97.4 Å². The molecule has 3 aromatic rings. The Kier molecular flexibility index (Phi) is 5.72. The number of aliphatic hydroxyl groups excluding tert-OH is 1. The highest BCUT2D eigenvalue weighted by atomic mass is 79.9. The first-order chi connectivity index (χ1) is 14.8. The van der Waals surface area contributed by atoms with Gasteiger partial charge in [-0.2, -0.15) is 0 Å². The number of carbonyl (C=O) groups excluding carboxylic acids is 2. The summed E-state index contributed by atoms with van der Waals surface area (Å²) in [5, 5.41) is 12.6. The number of benzene rings is 2. The molecule has 1 aliphatic rings. The fourth-order valence-corrected chi connectivity index (χ4v) is 4.54. The van der Waals surface area contributed by atoms with Crippen molar-refractivity contribution in [1.29, 1.82) is 0 Å². The highest BCUT2D eigenvalue weighted by molar-refractivity contribution is 9.10. The molecule has 0 radical (unpaired) electrons. The van der Waals surface area contributed by atoms with Gasteiger partial charge in [-0.3, -0.25) is 9.59 Å². The van der Waals surface area contributed by atoms with E-state index in [9.17, 15) is 27.9 Å². The number of Topliss-reactive ketones (excluding diaryl/α,β-unsaturated/α-hetero) is 1. The first kappa shape index (κ1) is 21.3. The summed E-state index contributed by atoms with van der Waals surface area (Å²) >= 11 is 4.60. The van der Waals surface area contributed by atoms with Gasteiger partial charge in [0.1, 0.15) is 11.6 Å². The maximum Gasteiger partial charge on any atom is 0.295 e. The summed E-state index contributed by atoms with van der Waals surface area (Å²) in [7, 11) is 0. The number of nitrogens with zero attached hydrogens (tertiary/aromatic N) is 1. The third-order valence-electron chi connectivity index (χ3n) is 4.89. The molecule has 1 aliphatic heterocycles. The summed E-state index contributed by atoms with van der Waals surface area (Å²) in [6.07, 6.45) is 0. The van der Waals surface area contributed by atoms with Crippen LogP contribution in [0.15, 0.2) is 64.0 Å². The van der Waals surface area contributed by atoms with Crippen molar-refractivity contribution in [3.8, 4) is 0 Å². The van der Waals surface area contributed by atoms with E-state index < -0.39 is 46.5 Å². The molecule has 0 spiro atoms. The van der Waals surface area contributed by atoms with E-state index in [2.05, 4.69) is 15.9 Å². The largest absolute Gasteiger partial charge is 0.507 e. The van der Waals surface area contributed by atoms with Crippen molar-refractivity contribution < 1.29 is 27.9 Å². The molecule has 4 nitrogen and oxygen atoms in total. The van der Waals surface area contributed by atoms with Crippen molar-refractivity contribution in [2.45, 2.75) is 12.6 Å². The lowest BCUT2D eigenvalue weighted by molar-refractivity contribution is -0.140. The van der Waals surface area contributed by atoms with Gasteiger partial charge in [0.2, 0.25) is 0 Å². The molecule has 1 unspecified atom stereocenters. The lowest BCUT2D eigenvalue weighted by Crippen LogP contribution is -2.29. The number of halogens is 4. The molecule has 1 amide bonds. The van der Waals surface area contributed by atoms with Gasteiger partial charge in [-0.25, -0.2) is 13.2 Å². The number of aliphatic hydroxyl groups is 1. The molecule has 0 bridgehead atoms. The van der Waals surface area contributed by atoms with Crippen LogP contribution in [-0.4, -0.2) is 21.7 Å². The summed E-state index contributed by atoms with van der Waals surface area (Å²) in [6.45, 7) is 0.00736. The fraction of sp³-hybridized carbons (Fsp3) is 0.0909. The minimum absolute atomic E-state index is 0.00736. The number of rotatable bonds is 4. The lowest BCUT2D eigenvalue weighted by Gasteiger charge is -2.25. The van der Waals surface area contributed by atoms with Gasteiger partial charge in [0.25, 0.3) is 11.7 Å². The predicted molar refractivity (Wildman–Crippen MR) is 113 cm³/mol. The highest BCUT2D eigenvalue weighted by Gasteiger charge is 2.47. The van der Waals surface area contributed by atoms with Gasteiger partial charge >= 0.3 is 0 Å². The zero-order valence-electron chi connectivity index (χ0n) is 15.6. The van der Waals surface area contributed by atoms with Gasteiger partial charge in [0.15, 0.2) is 11.6 Å². The molecular weight excluding hydrogens is 495 g/mol. The van der Waals surface area contributed by atoms with Crippen molar-refractivity contribution in [2.75, 3.05) is 0 Å². The standard InChI is InChI=1S/C22H13BrF3NO3S/c23-12-4-6-15(24)14(9-12)19-18(20(28)11-3-5-16(25)17(26)8-11)21(29)22(30)27(19)10-13-2-1-7-31-13/h1-9,19,28H,10H2/b20-18+. The van der Waals surface area contributed by atoms with E-state index in [1.54, 1.807) is 17.5 Å². The van der Waals surface area contributed by atoms with Crippen LogP contribution in [0, 0.1) is 17.5 Å². The van der Waals surface area contributed by atoms with E-state index in [4.69, 9.17) is 0 Å². The Morgan fingerprint density at radius 2 is 1.77 bits per heavy atom. The molecule has 1 fully saturated rings. The van der Waals surface area contributed by atoms with E-state index in [-0.39, 0.29) is 17.7 Å². The van der Waals surface area contributed by atoms with Crippen molar-refractivity contribution in [3.63, 3.8) is 0 Å². The second-order valence-corrected chi connectivity index (χ2v) is 8.75. The molecule has 1 aromatic heterocycles. The Hall–Kier alpha value is -2.91. The molecule has 2 aromatic carbocycles. The highest BCUT2D eigenvalue weighted by Crippen LogP contribution is 2.42. The molecule has 9 heteroatoms. The Labute approximate surface area is 187 Å². The Balaban J connectivity index is 1.93. The smallest absolute Gasteiger partial charge is 0.295 e. The van der Waals surface area contributed by atoms with Crippen LogP contribution >= 0.6 is 27.3 Å². The van der Waals surface area contributed by atoms with E-state index in [1.807, 2.05) is 0 Å². The van der Waals surface area contributed by atoms with Crippen LogP contribution in [0.3, 0.4) is 0 Å². The van der Waals surface area contributed by atoms with Gasteiger partial charge in [-0.15, -0.1) is 11.3 Å². The number of carbonyl (C=O) groups is 2. The van der Waals surface area contributed by atoms with Gasteiger partial charge in [-0.1, -0.05) is 22.0 Å². The first-order valence-corrected chi connectivity index (χ1v) is 10.7. The van der Waals surface area contributed by atoms with Gasteiger partial charge in [0, 0.05) is 20.5 Å². The van der Waals surface area contributed by atoms with E-state index in [1.165, 1.54) is 29.5 Å². The Morgan fingerprint density at radius 1 is 1.03 bits per heavy atom. The average Bonchev–Trinajstić information content (AvgIpc) is 3.34. The first-order valence-electron chi connectivity index (χ1n) is 8.99. The van der Waals surface area contributed by atoms with Crippen LogP contribution in [0.2, 0.25) is 0 Å². The minimum Gasteiger partial charge on any atom is -0.507 e. The summed E-state index contributed by atoms with van der Waals surface area (Å²) in [6, 6.07) is 8.89. The normalized spacial score (nSPS) is 18.1. The topological polar surface area (TPSA) is 57.6 Å². The molecule has 4 rings (SSSR count). The maximum atomic E-state index is 14.8. The summed E-state index contributed by atoms with van der Waals surface area (Å²) in [4.78, 5) is 27.6. The van der Waals surface area contributed by atoms with E-state index in [0.29, 0.717) is 10.5 Å². The zero-order chi connectivity index (χ0) is 22.3. The molecular formula is C22H13BrF3NO3S. The predicted octanol–water partition coefficient (Wildman–Crippen LogP) is 5.55. The quantitative estimate of drug-likeness (QED) is 0.286. The van der Waals surface area contributed by atoms with Crippen LogP contribution in [0.5, 0.6) is 0 Å². The molecule has 31 heavy (non-hydrogen) atoms. The summed E-state index contributed by atoms with van der Waals surface area (Å²) in [5.41, 5.74) is -0.618. The SMILES string of the molecule is O=C1C(=O)N(Cc2cccs2)C(c2cc(Br)ccc2F)/C1=C(\O)c1ccc(F)c(F)c1. The van der Waals surface area contributed by atoms with Crippen LogP contribution in [0.4, 0.5) is 13.2 Å². The lowest BCUT2D eigenvalue weighted by atomic mass is 9.95. The van der Waals surface area contributed by atoms with Gasteiger partial charge in [0.05, 0.1) is 18.2 Å². The monoisotopic (exact) mass is 507 g/mol. The summed E-state index contributed by atoms with van der Waals surface area (Å²) in [5.74, 6) is -5.74. The molecule has 1 N–H and O–H groups in total. The van der Waals surface area contributed by atoms with Crippen LogP contribution in [0.1, 0.15) is 22.0 Å². The van der Waals surface area contributed by atoms with Crippen LogP contribution < -0.4 is 0 Å². The summed E-state index contributed by atoms with van der Waals surface area (Å²) < 4.78 is 42.4. The molecule has 158 valence electrons. The van der Waals surface area contributed by atoms with Crippen molar-refractivity contribution in [2.24, 2.45) is 0 Å². The number of hydrogen-bond acceptors (Lipinski definition) is 4. The molecule has 1 saturated heterocycles. The van der Waals surface area contributed by atoms with Gasteiger partial charge < -0.3 is 10.0 Å².